The van der Waals surface area contributed by atoms with Gasteiger partial charge in [-0.05, 0) is 18.6 Å². The van der Waals surface area contributed by atoms with Gasteiger partial charge in [0.2, 0.25) is 0 Å². The maximum absolute atomic E-state index is 12.1. The molecule has 0 unspecified atom stereocenters. The minimum Gasteiger partial charge on any atom is -0.465 e. The number of rotatable bonds is 2. The molecule has 4 nitrogen and oxygen atoms in total. The Morgan fingerprint density at radius 1 is 1.20 bits per heavy atom. The zero-order valence-corrected chi connectivity index (χ0v) is 11.3. The predicted octanol–water partition coefficient (Wildman–Crippen LogP) is 3.32. The van der Waals surface area contributed by atoms with Crippen LogP contribution in [0.4, 0.5) is 0 Å². The van der Waals surface area contributed by atoms with Crippen LogP contribution in [0, 0.1) is 6.92 Å². The molecule has 2 aromatic heterocycles. The van der Waals surface area contributed by atoms with Crippen molar-refractivity contribution in [3.05, 3.63) is 53.9 Å². The third kappa shape index (κ3) is 1.86. The largest absolute Gasteiger partial charge is 0.465 e. The number of hydrogen-bond donors (Lipinski definition) is 1. The number of hydrogen-bond acceptors (Lipinski definition) is 3. The Hall–Kier alpha value is -2.62. The molecule has 0 saturated carbocycles. The van der Waals surface area contributed by atoms with Gasteiger partial charge < -0.3 is 9.72 Å². The van der Waals surface area contributed by atoms with E-state index in [9.17, 15) is 4.79 Å². The number of esters is 1. The van der Waals surface area contributed by atoms with Gasteiger partial charge in [0.05, 0.1) is 18.4 Å². The molecule has 0 saturated heterocycles. The second-order valence-electron chi connectivity index (χ2n) is 4.54. The van der Waals surface area contributed by atoms with Crippen molar-refractivity contribution < 1.29 is 9.53 Å². The normalized spacial score (nSPS) is 10.7. The zero-order chi connectivity index (χ0) is 14.1. The fraction of sp³-hybridized carbons (Fsp3) is 0.125. The summed E-state index contributed by atoms with van der Waals surface area (Å²) in [4.78, 5) is 19.6. The summed E-state index contributed by atoms with van der Waals surface area (Å²) in [6.07, 6.45) is 1.82. The molecule has 0 bridgehead atoms. The first kappa shape index (κ1) is 12.4. The van der Waals surface area contributed by atoms with E-state index in [0.29, 0.717) is 11.3 Å². The van der Waals surface area contributed by atoms with Gasteiger partial charge in [-0.2, -0.15) is 0 Å². The Bertz CT molecular complexity index is 776. The van der Waals surface area contributed by atoms with Crippen molar-refractivity contribution in [3.8, 4) is 11.1 Å². The number of nitrogens with one attached hydrogen (secondary N) is 1. The Morgan fingerprint density at radius 2 is 1.95 bits per heavy atom. The number of H-pyrrole nitrogens is 1. The molecule has 4 heteroatoms. The first-order valence-corrected chi connectivity index (χ1v) is 6.34. The molecular formula is C16H14N2O2. The van der Waals surface area contributed by atoms with Crippen LogP contribution in [0.1, 0.15) is 16.1 Å². The first-order valence-electron chi connectivity index (χ1n) is 6.34. The minimum atomic E-state index is -0.364. The van der Waals surface area contributed by atoms with Gasteiger partial charge in [0.15, 0.2) is 0 Å². The van der Waals surface area contributed by atoms with E-state index in [0.717, 1.165) is 22.2 Å². The highest BCUT2D eigenvalue weighted by atomic mass is 16.5. The number of pyridine rings is 1. The van der Waals surface area contributed by atoms with E-state index >= 15 is 0 Å². The van der Waals surface area contributed by atoms with Gasteiger partial charge in [0.25, 0.3) is 0 Å². The van der Waals surface area contributed by atoms with Crippen LogP contribution in [-0.2, 0) is 4.74 Å². The monoisotopic (exact) mass is 266 g/mol. The van der Waals surface area contributed by atoms with Gasteiger partial charge in [-0.15, -0.1) is 0 Å². The maximum atomic E-state index is 12.1. The molecule has 1 N–H and O–H groups in total. The third-order valence-corrected chi connectivity index (χ3v) is 3.34. The second-order valence-corrected chi connectivity index (χ2v) is 4.54. The van der Waals surface area contributed by atoms with Crippen molar-refractivity contribution in [2.24, 2.45) is 0 Å². The van der Waals surface area contributed by atoms with Gasteiger partial charge in [-0.3, -0.25) is 0 Å². The number of carbonyl (C=O) groups excluding carboxylic acids is 1. The van der Waals surface area contributed by atoms with Crippen LogP contribution in [0.3, 0.4) is 0 Å². The number of benzene rings is 1. The third-order valence-electron chi connectivity index (χ3n) is 3.34. The molecular weight excluding hydrogens is 252 g/mol. The number of carbonyl (C=O) groups is 1. The number of aromatic amines is 1. The lowest BCUT2D eigenvalue weighted by Crippen LogP contribution is -2.08. The standard InChI is InChI=1S/C16H14N2O2/c1-10-13(16(19)20-2)14(11-6-4-3-5-7-11)12-8-9-17-15(12)18-10/h3-9H,1-2H3,(H,17,18). The summed E-state index contributed by atoms with van der Waals surface area (Å²) in [5.41, 5.74) is 3.79. The summed E-state index contributed by atoms with van der Waals surface area (Å²) < 4.78 is 4.92. The molecule has 0 fully saturated rings. The molecule has 20 heavy (non-hydrogen) atoms. The molecule has 0 amide bonds. The van der Waals surface area contributed by atoms with E-state index in [1.54, 1.807) is 0 Å². The van der Waals surface area contributed by atoms with Crippen molar-refractivity contribution in [2.75, 3.05) is 7.11 Å². The summed E-state index contributed by atoms with van der Waals surface area (Å²) in [6, 6.07) is 11.7. The average molecular weight is 266 g/mol. The fourth-order valence-electron chi connectivity index (χ4n) is 2.45. The molecule has 0 aliphatic carbocycles. The van der Waals surface area contributed by atoms with E-state index in [1.165, 1.54) is 7.11 Å². The topological polar surface area (TPSA) is 55.0 Å². The molecule has 1 aromatic carbocycles. The average Bonchev–Trinajstić information content (AvgIpc) is 2.93. The Balaban J connectivity index is 2.42. The lowest BCUT2D eigenvalue weighted by Gasteiger charge is -2.12. The molecule has 100 valence electrons. The molecule has 3 aromatic rings. The number of fused-ring (bicyclic) bond motifs is 1. The lowest BCUT2D eigenvalue weighted by molar-refractivity contribution is 0.0600. The van der Waals surface area contributed by atoms with E-state index < -0.39 is 0 Å². The van der Waals surface area contributed by atoms with Crippen LogP contribution in [0.25, 0.3) is 22.2 Å². The van der Waals surface area contributed by atoms with Crippen LogP contribution in [0.2, 0.25) is 0 Å². The van der Waals surface area contributed by atoms with E-state index in [4.69, 9.17) is 4.74 Å². The Kier molecular flexibility index (Phi) is 2.99. The highest BCUT2D eigenvalue weighted by molar-refractivity contribution is 6.07. The maximum Gasteiger partial charge on any atom is 0.340 e. The minimum absolute atomic E-state index is 0.364. The van der Waals surface area contributed by atoms with E-state index in [1.807, 2.05) is 49.5 Å². The van der Waals surface area contributed by atoms with Crippen molar-refractivity contribution >= 4 is 17.0 Å². The summed E-state index contributed by atoms with van der Waals surface area (Å²) >= 11 is 0. The first-order chi connectivity index (χ1) is 9.72. The van der Waals surface area contributed by atoms with Crippen LogP contribution in [0.15, 0.2) is 42.6 Å². The van der Waals surface area contributed by atoms with E-state index in [2.05, 4.69) is 9.97 Å². The molecule has 0 radical (unpaired) electrons. The van der Waals surface area contributed by atoms with Gasteiger partial charge in [-0.1, -0.05) is 30.3 Å². The summed E-state index contributed by atoms with van der Waals surface area (Å²) in [7, 11) is 1.39. The molecule has 3 rings (SSSR count). The Morgan fingerprint density at radius 3 is 2.65 bits per heavy atom. The van der Waals surface area contributed by atoms with Gasteiger partial charge in [-0.25, -0.2) is 9.78 Å². The molecule has 0 atom stereocenters. The second kappa shape index (κ2) is 4.81. The van der Waals surface area contributed by atoms with Crippen LogP contribution in [-0.4, -0.2) is 23.0 Å². The quantitative estimate of drug-likeness (QED) is 0.724. The number of nitrogens with zero attached hydrogens (tertiary/aromatic N) is 1. The SMILES string of the molecule is COC(=O)c1c(C)nc2[nH]ccc2c1-c1ccccc1. The molecule has 0 spiro atoms. The highest BCUT2D eigenvalue weighted by Gasteiger charge is 2.21. The highest BCUT2D eigenvalue weighted by Crippen LogP contribution is 2.32. The molecule has 0 aliphatic heterocycles. The summed E-state index contributed by atoms with van der Waals surface area (Å²) in [5, 5.41) is 0.919. The number of ether oxygens (including phenoxy) is 1. The summed E-state index contributed by atoms with van der Waals surface area (Å²) in [5.74, 6) is -0.364. The van der Waals surface area contributed by atoms with Crippen LogP contribution >= 0.6 is 0 Å². The lowest BCUT2D eigenvalue weighted by atomic mass is 9.96. The van der Waals surface area contributed by atoms with Crippen molar-refractivity contribution in [1.29, 1.82) is 0 Å². The van der Waals surface area contributed by atoms with Crippen molar-refractivity contribution in [1.82, 2.24) is 9.97 Å². The zero-order valence-electron chi connectivity index (χ0n) is 11.3. The van der Waals surface area contributed by atoms with Gasteiger partial charge in [0.1, 0.15) is 5.65 Å². The fourth-order valence-corrected chi connectivity index (χ4v) is 2.45. The molecule has 0 aliphatic rings. The Labute approximate surface area is 116 Å². The van der Waals surface area contributed by atoms with Crippen molar-refractivity contribution in [3.63, 3.8) is 0 Å². The predicted molar refractivity (Wildman–Crippen MR) is 77.6 cm³/mol. The number of aryl methyl sites for hydroxylation is 1. The number of methoxy groups -OCH3 is 1. The smallest absolute Gasteiger partial charge is 0.340 e. The van der Waals surface area contributed by atoms with Crippen LogP contribution in [0.5, 0.6) is 0 Å². The molecule has 2 heterocycles. The van der Waals surface area contributed by atoms with Crippen molar-refractivity contribution in [2.45, 2.75) is 6.92 Å². The van der Waals surface area contributed by atoms with E-state index in [-0.39, 0.29) is 5.97 Å². The van der Waals surface area contributed by atoms with Crippen LogP contribution < -0.4 is 0 Å². The summed E-state index contributed by atoms with van der Waals surface area (Å²) in [6.45, 7) is 1.82. The number of aromatic nitrogens is 2. The van der Waals surface area contributed by atoms with Gasteiger partial charge in [0, 0.05) is 17.1 Å². The van der Waals surface area contributed by atoms with Gasteiger partial charge >= 0.3 is 5.97 Å².